The number of hydrogen-bond acceptors (Lipinski definition) is 7. The second-order valence-electron chi connectivity index (χ2n) is 3.28. The van der Waals surface area contributed by atoms with Gasteiger partial charge in [-0.1, -0.05) is 0 Å². The molecule has 0 saturated carbocycles. The summed E-state index contributed by atoms with van der Waals surface area (Å²) in [6.07, 6.45) is -6.80. The van der Waals surface area contributed by atoms with Crippen LogP contribution >= 0.6 is 0 Å². The van der Waals surface area contributed by atoms with Crippen molar-refractivity contribution in [3.05, 3.63) is 0 Å². The van der Waals surface area contributed by atoms with Crippen molar-refractivity contribution in [2.45, 2.75) is 30.5 Å². The molecule has 5 atom stereocenters. The molecule has 1 aliphatic heterocycles. The molecule has 0 bridgehead atoms. The zero-order valence-electron chi connectivity index (χ0n) is 8.11. The van der Waals surface area contributed by atoms with Crippen LogP contribution in [0.15, 0.2) is 0 Å². The molecule has 0 aliphatic carbocycles. The second kappa shape index (κ2) is 4.86. The van der Waals surface area contributed by atoms with Crippen molar-refractivity contribution >= 4 is 5.97 Å². The van der Waals surface area contributed by atoms with E-state index in [1.54, 1.807) is 0 Å². The predicted octanol–water partition coefficient (Wildman–Crippen LogP) is -3.00. The number of aliphatic hydroxyl groups excluding tert-OH is 4. The molecular weight excluding hydrogens is 208 g/mol. The monoisotopic (exact) mass is 222 g/mol. The van der Waals surface area contributed by atoms with Crippen LogP contribution in [0.4, 0.5) is 0 Å². The number of carbonyl (C=O) groups excluding carboxylic acids is 1. The van der Waals surface area contributed by atoms with Crippen molar-refractivity contribution in [2.75, 3.05) is 13.7 Å². The molecule has 0 aromatic rings. The Morgan fingerprint density at radius 1 is 1.47 bits per heavy atom. The molecule has 7 nitrogen and oxygen atoms in total. The van der Waals surface area contributed by atoms with Crippen molar-refractivity contribution in [3.8, 4) is 0 Å². The van der Waals surface area contributed by atoms with Crippen LogP contribution in [0, 0.1) is 0 Å². The fourth-order valence-electron chi connectivity index (χ4n) is 1.44. The molecule has 0 spiro atoms. The van der Waals surface area contributed by atoms with Gasteiger partial charge in [-0.05, 0) is 0 Å². The van der Waals surface area contributed by atoms with Gasteiger partial charge in [0.2, 0.25) is 0 Å². The Hall–Kier alpha value is -0.730. The SMILES string of the molecule is COC(=O)[C@@H]1O[C@@H]([C@H](O)CO)[C@H](O)[C@H]1O. The predicted molar refractivity (Wildman–Crippen MR) is 45.8 cm³/mol. The third-order valence-corrected chi connectivity index (χ3v) is 2.30. The van der Waals surface area contributed by atoms with E-state index in [2.05, 4.69) is 4.74 Å². The summed E-state index contributed by atoms with van der Waals surface area (Å²) < 4.78 is 9.24. The minimum absolute atomic E-state index is 0.637. The summed E-state index contributed by atoms with van der Waals surface area (Å²) in [5.41, 5.74) is 0. The zero-order chi connectivity index (χ0) is 11.6. The summed E-state index contributed by atoms with van der Waals surface area (Å²) in [5.74, 6) is -0.839. The Kier molecular flexibility index (Phi) is 4.00. The van der Waals surface area contributed by atoms with Gasteiger partial charge < -0.3 is 29.9 Å². The molecule has 1 rings (SSSR count). The zero-order valence-corrected chi connectivity index (χ0v) is 8.11. The molecule has 0 aromatic carbocycles. The van der Waals surface area contributed by atoms with E-state index in [0.29, 0.717) is 0 Å². The summed E-state index contributed by atoms with van der Waals surface area (Å²) >= 11 is 0. The number of ether oxygens (including phenoxy) is 2. The minimum Gasteiger partial charge on any atom is -0.467 e. The molecule has 1 heterocycles. The van der Waals surface area contributed by atoms with Crippen molar-refractivity contribution in [2.24, 2.45) is 0 Å². The fraction of sp³-hybridized carbons (Fsp3) is 0.875. The lowest BCUT2D eigenvalue weighted by atomic mass is 10.0. The average molecular weight is 222 g/mol. The first-order valence-corrected chi connectivity index (χ1v) is 4.41. The smallest absolute Gasteiger partial charge is 0.337 e. The van der Waals surface area contributed by atoms with Crippen molar-refractivity contribution in [3.63, 3.8) is 0 Å². The van der Waals surface area contributed by atoms with E-state index in [0.717, 1.165) is 7.11 Å². The van der Waals surface area contributed by atoms with Gasteiger partial charge in [-0.25, -0.2) is 4.79 Å². The number of methoxy groups -OCH3 is 1. The second-order valence-corrected chi connectivity index (χ2v) is 3.28. The lowest BCUT2D eigenvalue weighted by Gasteiger charge is -2.18. The summed E-state index contributed by atoms with van der Waals surface area (Å²) in [6.45, 7) is -0.637. The Morgan fingerprint density at radius 3 is 2.53 bits per heavy atom. The molecule has 1 fully saturated rings. The van der Waals surface area contributed by atoms with Crippen molar-refractivity contribution < 1.29 is 34.7 Å². The van der Waals surface area contributed by atoms with Crippen LogP contribution in [0.2, 0.25) is 0 Å². The maximum absolute atomic E-state index is 11.1. The maximum atomic E-state index is 11.1. The van der Waals surface area contributed by atoms with E-state index in [-0.39, 0.29) is 0 Å². The van der Waals surface area contributed by atoms with Crippen LogP contribution in [0.5, 0.6) is 0 Å². The Bertz CT molecular complexity index is 231. The largest absolute Gasteiger partial charge is 0.467 e. The van der Waals surface area contributed by atoms with Gasteiger partial charge in [-0.15, -0.1) is 0 Å². The van der Waals surface area contributed by atoms with E-state index in [1.165, 1.54) is 0 Å². The van der Waals surface area contributed by atoms with Gasteiger partial charge in [0.05, 0.1) is 13.7 Å². The number of rotatable bonds is 3. The van der Waals surface area contributed by atoms with Gasteiger partial charge in [0, 0.05) is 0 Å². The van der Waals surface area contributed by atoms with E-state index in [4.69, 9.17) is 9.84 Å². The minimum atomic E-state index is -1.47. The molecule has 15 heavy (non-hydrogen) atoms. The molecule has 0 unspecified atom stereocenters. The summed E-state index contributed by atoms with van der Waals surface area (Å²) in [4.78, 5) is 11.1. The van der Waals surface area contributed by atoms with Gasteiger partial charge in [0.15, 0.2) is 6.10 Å². The van der Waals surface area contributed by atoms with Gasteiger partial charge in [0.1, 0.15) is 24.4 Å². The molecule has 7 heteroatoms. The van der Waals surface area contributed by atoms with Crippen molar-refractivity contribution in [1.29, 1.82) is 0 Å². The first kappa shape index (κ1) is 12.3. The topological polar surface area (TPSA) is 116 Å². The number of aliphatic hydroxyl groups is 4. The molecule has 1 saturated heterocycles. The van der Waals surface area contributed by atoms with E-state index < -0.39 is 43.1 Å². The molecule has 0 radical (unpaired) electrons. The Labute approximate surface area is 85.9 Å². The van der Waals surface area contributed by atoms with Crippen molar-refractivity contribution in [1.82, 2.24) is 0 Å². The molecule has 0 aromatic heterocycles. The lowest BCUT2D eigenvalue weighted by Crippen LogP contribution is -2.40. The quantitative estimate of drug-likeness (QED) is 0.376. The van der Waals surface area contributed by atoms with E-state index in [9.17, 15) is 20.1 Å². The van der Waals surface area contributed by atoms with E-state index >= 15 is 0 Å². The molecule has 88 valence electrons. The summed E-state index contributed by atoms with van der Waals surface area (Å²) in [7, 11) is 1.11. The highest BCUT2D eigenvalue weighted by atomic mass is 16.6. The van der Waals surface area contributed by atoms with Crippen LogP contribution in [0.3, 0.4) is 0 Å². The first-order valence-electron chi connectivity index (χ1n) is 4.41. The van der Waals surface area contributed by atoms with Gasteiger partial charge in [-0.3, -0.25) is 0 Å². The number of hydrogen-bond donors (Lipinski definition) is 4. The van der Waals surface area contributed by atoms with Gasteiger partial charge in [0.25, 0.3) is 0 Å². The van der Waals surface area contributed by atoms with Crippen LogP contribution in [-0.2, 0) is 14.3 Å². The number of esters is 1. The molecule has 1 aliphatic rings. The Balaban J connectivity index is 2.71. The highest BCUT2D eigenvalue weighted by molar-refractivity contribution is 5.75. The lowest BCUT2D eigenvalue weighted by molar-refractivity contribution is -0.160. The third kappa shape index (κ3) is 2.27. The molecular formula is C8H14O7. The highest BCUT2D eigenvalue weighted by Gasteiger charge is 2.49. The molecule has 0 amide bonds. The first-order chi connectivity index (χ1) is 7.02. The van der Waals surface area contributed by atoms with Crippen LogP contribution in [0.25, 0.3) is 0 Å². The standard InChI is InChI=1S/C8H14O7/c1-14-8(13)7-5(12)4(11)6(15-7)3(10)2-9/h3-7,9-12H,2H2,1H3/t3-,4-,5-,6+,7-/m1/s1. The maximum Gasteiger partial charge on any atom is 0.337 e. The van der Waals surface area contributed by atoms with E-state index in [1.807, 2.05) is 0 Å². The normalized spacial score (nSPS) is 37.7. The van der Waals surface area contributed by atoms with Gasteiger partial charge in [-0.2, -0.15) is 0 Å². The third-order valence-electron chi connectivity index (χ3n) is 2.30. The summed E-state index contributed by atoms with van der Waals surface area (Å²) in [5, 5.41) is 36.7. The highest BCUT2D eigenvalue weighted by Crippen LogP contribution is 2.24. The van der Waals surface area contributed by atoms with Crippen LogP contribution in [0.1, 0.15) is 0 Å². The van der Waals surface area contributed by atoms with Crippen LogP contribution in [-0.4, -0.2) is 70.6 Å². The summed E-state index contributed by atoms with van der Waals surface area (Å²) in [6, 6.07) is 0. The number of carbonyl (C=O) groups is 1. The molecule has 4 N–H and O–H groups in total. The fourth-order valence-corrected chi connectivity index (χ4v) is 1.44. The van der Waals surface area contributed by atoms with Crippen LogP contribution < -0.4 is 0 Å². The Morgan fingerprint density at radius 2 is 2.07 bits per heavy atom. The average Bonchev–Trinajstić information content (AvgIpc) is 2.54. The van der Waals surface area contributed by atoms with Gasteiger partial charge >= 0.3 is 5.97 Å².